The maximum Gasteiger partial charge on any atom is 0.303 e. The number of para-hydroxylation sites is 1. The summed E-state index contributed by atoms with van der Waals surface area (Å²) in [6, 6.07) is 9.87. The van der Waals surface area contributed by atoms with Gasteiger partial charge in [-0.1, -0.05) is 18.2 Å². The lowest BCUT2D eigenvalue weighted by atomic mass is 10.3. The summed E-state index contributed by atoms with van der Waals surface area (Å²) in [6.07, 6.45) is 1.82. The van der Waals surface area contributed by atoms with E-state index < -0.39 is 5.97 Å². The molecule has 22 heavy (non-hydrogen) atoms. The van der Waals surface area contributed by atoms with Gasteiger partial charge in [-0.05, 0) is 30.7 Å². The van der Waals surface area contributed by atoms with Gasteiger partial charge in [0.1, 0.15) is 11.2 Å². The van der Waals surface area contributed by atoms with Crippen molar-refractivity contribution in [1.29, 1.82) is 0 Å². The summed E-state index contributed by atoms with van der Waals surface area (Å²) in [5.74, 6) is 2.30. The van der Waals surface area contributed by atoms with Crippen LogP contribution in [0.4, 0.5) is 0 Å². The lowest BCUT2D eigenvalue weighted by Crippen LogP contribution is -2.07. The molecule has 1 heterocycles. The molecular weight excluding hydrogens is 320 g/mol. The normalized spacial score (nSPS) is 20.9. The highest BCUT2D eigenvalue weighted by Gasteiger charge is 2.26. The van der Waals surface area contributed by atoms with Crippen molar-refractivity contribution in [3.63, 3.8) is 0 Å². The summed E-state index contributed by atoms with van der Waals surface area (Å²) in [5, 5.41) is 9.15. The zero-order chi connectivity index (χ0) is 15.6. The first-order valence-corrected chi connectivity index (χ1v) is 9.58. The Hall–Kier alpha value is -0.850. The smallest absolute Gasteiger partial charge is 0.303 e. The molecule has 1 saturated heterocycles. The Morgan fingerprint density at radius 3 is 3.00 bits per heavy atom. The van der Waals surface area contributed by atoms with Crippen LogP contribution in [0.5, 0.6) is 5.75 Å². The van der Waals surface area contributed by atoms with Crippen LogP contribution in [0.1, 0.15) is 19.3 Å². The van der Waals surface area contributed by atoms with E-state index in [1.807, 2.05) is 42.1 Å². The van der Waals surface area contributed by atoms with Crippen molar-refractivity contribution in [3.05, 3.63) is 30.3 Å². The standard InChI is InChI=1S/C16H22O4S2/c17-15(18)7-8-16-20-11-14(22-16)12-21-10-4-9-19-13-5-2-1-3-6-13/h1-3,5-6,14,16H,4,7-12H2,(H,17,18). The summed E-state index contributed by atoms with van der Waals surface area (Å²) in [5.41, 5.74) is 0.0584. The minimum absolute atomic E-state index is 0.0584. The number of ether oxygens (including phenoxy) is 2. The molecule has 0 amide bonds. The van der Waals surface area contributed by atoms with E-state index in [2.05, 4.69) is 0 Å². The Morgan fingerprint density at radius 2 is 2.23 bits per heavy atom. The van der Waals surface area contributed by atoms with E-state index in [0.717, 1.165) is 36.9 Å². The number of aliphatic carboxylic acids is 1. The van der Waals surface area contributed by atoms with Gasteiger partial charge in [-0.2, -0.15) is 11.8 Å². The monoisotopic (exact) mass is 342 g/mol. The highest BCUT2D eigenvalue weighted by Crippen LogP contribution is 2.32. The number of carboxylic acid groups (broad SMARTS) is 1. The molecule has 0 aliphatic carbocycles. The van der Waals surface area contributed by atoms with Gasteiger partial charge in [0, 0.05) is 17.4 Å². The molecule has 1 aliphatic rings. The van der Waals surface area contributed by atoms with E-state index in [9.17, 15) is 4.79 Å². The lowest BCUT2D eigenvalue weighted by Gasteiger charge is -2.09. The summed E-state index contributed by atoms with van der Waals surface area (Å²) >= 11 is 3.69. The van der Waals surface area contributed by atoms with Crippen molar-refractivity contribution in [2.75, 3.05) is 24.7 Å². The van der Waals surface area contributed by atoms with Crippen molar-refractivity contribution in [2.45, 2.75) is 29.9 Å². The summed E-state index contributed by atoms with van der Waals surface area (Å²) in [6.45, 7) is 1.48. The van der Waals surface area contributed by atoms with Crippen molar-refractivity contribution in [3.8, 4) is 5.75 Å². The number of rotatable bonds is 10. The fourth-order valence-corrected chi connectivity index (χ4v) is 4.52. The molecule has 1 N–H and O–H groups in total. The maximum atomic E-state index is 10.5. The SMILES string of the molecule is O=C(O)CCC1OCC(CSCCCOc2ccccc2)S1. The Kier molecular flexibility index (Phi) is 7.98. The maximum absolute atomic E-state index is 10.5. The highest BCUT2D eigenvalue weighted by molar-refractivity contribution is 8.03. The molecule has 2 atom stereocenters. The van der Waals surface area contributed by atoms with Crippen LogP contribution in [0, 0.1) is 0 Å². The molecule has 0 spiro atoms. The van der Waals surface area contributed by atoms with E-state index in [4.69, 9.17) is 14.6 Å². The minimum Gasteiger partial charge on any atom is -0.494 e. The number of carbonyl (C=O) groups is 1. The molecule has 0 saturated carbocycles. The number of benzene rings is 1. The topological polar surface area (TPSA) is 55.8 Å². The highest BCUT2D eigenvalue weighted by atomic mass is 32.2. The number of thioether (sulfide) groups is 2. The lowest BCUT2D eigenvalue weighted by molar-refractivity contribution is -0.137. The molecule has 1 fully saturated rings. The van der Waals surface area contributed by atoms with Gasteiger partial charge in [-0.3, -0.25) is 4.79 Å². The van der Waals surface area contributed by atoms with Crippen molar-refractivity contribution < 1.29 is 19.4 Å². The Bertz CT molecular complexity index is 441. The molecule has 122 valence electrons. The first-order chi connectivity index (χ1) is 10.7. The van der Waals surface area contributed by atoms with Crippen LogP contribution < -0.4 is 4.74 Å². The molecule has 1 aliphatic heterocycles. The van der Waals surface area contributed by atoms with Gasteiger partial charge in [-0.15, -0.1) is 11.8 Å². The Labute approximate surface area is 140 Å². The molecule has 0 radical (unpaired) electrons. The third kappa shape index (κ3) is 6.94. The van der Waals surface area contributed by atoms with Crippen LogP contribution in [-0.2, 0) is 9.53 Å². The number of hydrogen-bond acceptors (Lipinski definition) is 5. The molecule has 2 unspecified atom stereocenters. The second kappa shape index (κ2) is 10.0. The van der Waals surface area contributed by atoms with Gasteiger partial charge >= 0.3 is 5.97 Å². The molecule has 0 aromatic heterocycles. The molecule has 6 heteroatoms. The predicted molar refractivity (Wildman–Crippen MR) is 91.9 cm³/mol. The Morgan fingerprint density at radius 1 is 1.41 bits per heavy atom. The van der Waals surface area contributed by atoms with Crippen LogP contribution >= 0.6 is 23.5 Å². The van der Waals surface area contributed by atoms with Crippen LogP contribution in [0.15, 0.2) is 30.3 Å². The summed E-state index contributed by atoms with van der Waals surface area (Å²) < 4.78 is 11.3. The fraction of sp³-hybridized carbons (Fsp3) is 0.562. The van der Waals surface area contributed by atoms with Gasteiger partial charge in [-0.25, -0.2) is 0 Å². The van der Waals surface area contributed by atoms with Crippen molar-refractivity contribution >= 4 is 29.5 Å². The van der Waals surface area contributed by atoms with Crippen LogP contribution in [-0.4, -0.2) is 46.5 Å². The first-order valence-electron chi connectivity index (χ1n) is 7.48. The predicted octanol–water partition coefficient (Wildman–Crippen LogP) is 3.51. The molecule has 4 nitrogen and oxygen atoms in total. The van der Waals surface area contributed by atoms with Gasteiger partial charge < -0.3 is 14.6 Å². The van der Waals surface area contributed by atoms with E-state index in [-0.39, 0.29) is 11.9 Å². The second-order valence-corrected chi connectivity index (χ2v) is 7.66. The first kappa shape index (κ1) is 17.5. The van der Waals surface area contributed by atoms with Gasteiger partial charge in [0.15, 0.2) is 0 Å². The zero-order valence-electron chi connectivity index (χ0n) is 12.5. The van der Waals surface area contributed by atoms with Gasteiger partial charge in [0.05, 0.1) is 13.2 Å². The van der Waals surface area contributed by atoms with E-state index in [1.54, 1.807) is 11.8 Å². The average molecular weight is 342 g/mol. The molecule has 0 bridgehead atoms. The number of carboxylic acids is 1. The third-order valence-electron chi connectivity index (χ3n) is 3.15. The Balaban J connectivity index is 1.46. The molecule has 1 aromatic carbocycles. The second-order valence-electron chi connectivity index (χ2n) is 5.04. The molecule has 2 rings (SSSR count). The zero-order valence-corrected chi connectivity index (χ0v) is 14.1. The molecular formula is C16H22O4S2. The van der Waals surface area contributed by atoms with E-state index in [0.29, 0.717) is 11.7 Å². The van der Waals surface area contributed by atoms with Crippen molar-refractivity contribution in [2.24, 2.45) is 0 Å². The van der Waals surface area contributed by atoms with Crippen LogP contribution in [0.25, 0.3) is 0 Å². The van der Waals surface area contributed by atoms with Crippen molar-refractivity contribution in [1.82, 2.24) is 0 Å². The molecule has 1 aromatic rings. The number of hydrogen-bond donors (Lipinski definition) is 1. The van der Waals surface area contributed by atoms with Crippen LogP contribution in [0.3, 0.4) is 0 Å². The summed E-state index contributed by atoms with van der Waals surface area (Å²) in [4.78, 5) is 10.5. The summed E-state index contributed by atoms with van der Waals surface area (Å²) in [7, 11) is 0. The van der Waals surface area contributed by atoms with Crippen LogP contribution in [0.2, 0.25) is 0 Å². The minimum atomic E-state index is -0.750. The van der Waals surface area contributed by atoms with E-state index in [1.165, 1.54) is 0 Å². The van der Waals surface area contributed by atoms with E-state index >= 15 is 0 Å². The average Bonchev–Trinajstić information content (AvgIpc) is 2.97. The largest absolute Gasteiger partial charge is 0.494 e. The van der Waals surface area contributed by atoms with Gasteiger partial charge in [0.2, 0.25) is 0 Å². The third-order valence-corrected chi connectivity index (χ3v) is 5.94. The quantitative estimate of drug-likeness (QED) is 0.657. The van der Waals surface area contributed by atoms with Gasteiger partial charge in [0.25, 0.3) is 0 Å². The fourth-order valence-electron chi connectivity index (χ4n) is 2.07.